The molecular weight excluding hydrogens is 390 g/mol. The number of rotatable bonds is 5. The molecule has 4 heterocycles. The van der Waals surface area contributed by atoms with Gasteiger partial charge in [-0.25, -0.2) is 4.79 Å². The van der Waals surface area contributed by atoms with Crippen LogP contribution in [0.25, 0.3) is 10.8 Å². The first-order valence-corrected chi connectivity index (χ1v) is 9.62. The van der Waals surface area contributed by atoms with Gasteiger partial charge < -0.3 is 24.5 Å². The highest BCUT2D eigenvalue weighted by atomic mass is 16.5. The van der Waals surface area contributed by atoms with Crippen molar-refractivity contribution >= 4 is 22.7 Å². The predicted molar refractivity (Wildman–Crippen MR) is 105 cm³/mol. The topological polar surface area (TPSA) is 120 Å². The zero-order valence-electron chi connectivity index (χ0n) is 16.3. The van der Waals surface area contributed by atoms with Crippen molar-refractivity contribution < 1.29 is 24.2 Å². The molecule has 2 aliphatic rings. The molecule has 2 atom stereocenters. The fourth-order valence-corrected chi connectivity index (χ4v) is 4.11. The number of aromatic nitrogens is 3. The third kappa shape index (κ3) is 2.79. The summed E-state index contributed by atoms with van der Waals surface area (Å²) < 4.78 is 14.0. The molecule has 0 unspecified atom stereocenters. The molecule has 2 aromatic heterocycles. The van der Waals surface area contributed by atoms with Crippen LogP contribution in [0.3, 0.4) is 0 Å². The van der Waals surface area contributed by atoms with Crippen molar-refractivity contribution in [3.05, 3.63) is 42.4 Å². The summed E-state index contributed by atoms with van der Waals surface area (Å²) in [5.74, 6) is 0.0931. The van der Waals surface area contributed by atoms with Crippen LogP contribution in [0.1, 0.15) is 18.0 Å². The van der Waals surface area contributed by atoms with E-state index >= 15 is 0 Å². The number of nitrogens with zero attached hydrogens (tertiary/aromatic N) is 3. The SMILES string of the molecule is COc1ccc2cn(C[C@@]3(c4cnn([C@@H]5CCOC5)c4)NC(=O)NC3=O)c(O)c2c1. The minimum atomic E-state index is -1.40. The molecule has 3 amide bonds. The fourth-order valence-electron chi connectivity index (χ4n) is 4.11. The Bertz CT molecular complexity index is 1150. The number of hydrogen-bond acceptors (Lipinski definition) is 6. The van der Waals surface area contributed by atoms with E-state index in [1.54, 1.807) is 47.1 Å². The lowest BCUT2D eigenvalue weighted by atomic mass is 9.92. The van der Waals surface area contributed by atoms with E-state index < -0.39 is 17.5 Å². The van der Waals surface area contributed by atoms with Gasteiger partial charge in [-0.05, 0) is 24.6 Å². The van der Waals surface area contributed by atoms with Gasteiger partial charge in [-0.1, -0.05) is 0 Å². The van der Waals surface area contributed by atoms with Crippen molar-refractivity contribution in [1.29, 1.82) is 0 Å². The lowest BCUT2D eigenvalue weighted by Gasteiger charge is -2.25. The number of nitrogens with one attached hydrogen (secondary N) is 2. The van der Waals surface area contributed by atoms with E-state index in [0.717, 1.165) is 11.8 Å². The van der Waals surface area contributed by atoms with E-state index in [2.05, 4.69) is 15.7 Å². The maximum atomic E-state index is 12.9. The Morgan fingerprint density at radius 2 is 2.23 bits per heavy atom. The Kier molecular flexibility index (Phi) is 4.17. The molecule has 1 aromatic carbocycles. The Labute approximate surface area is 171 Å². The van der Waals surface area contributed by atoms with Crippen molar-refractivity contribution in [1.82, 2.24) is 25.0 Å². The maximum absolute atomic E-state index is 12.9. The van der Waals surface area contributed by atoms with E-state index in [1.807, 2.05) is 6.07 Å². The molecule has 2 aliphatic heterocycles. The van der Waals surface area contributed by atoms with Gasteiger partial charge >= 0.3 is 6.03 Å². The summed E-state index contributed by atoms with van der Waals surface area (Å²) in [7, 11) is 1.55. The van der Waals surface area contributed by atoms with Crippen LogP contribution in [0.5, 0.6) is 11.6 Å². The minimum absolute atomic E-state index is 0.000260. The average molecular weight is 411 g/mol. The molecular formula is C20H21N5O5. The van der Waals surface area contributed by atoms with Crippen LogP contribution in [0, 0.1) is 0 Å². The molecule has 5 rings (SSSR count). The summed E-state index contributed by atoms with van der Waals surface area (Å²) in [5.41, 5.74) is -0.863. The van der Waals surface area contributed by atoms with Gasteiger partial charge in [0.25, 0.3) is 5.91 Å². The van der Waals surface area contributed by atoms with Gasteiger partial charge in [0.2, 0.25) is 0 Å². The van der Waals surface area contributed by atoms with Crippen LogP contribution in [0.2, 0.25) is 0 Å². The lowest BCUT2D eigenvalue weighted by molar-refractivity contribution is -0.124. The van der Waals surface area contributed by atoms with Crippen LogP contribution in [0.15, 0.2) is 36.8 Å². The molecule has 30 heavy (non-hydrogen) atoms. The molecule has 0 saturated carbocycles. The standard InChI is InChI=1S/C20H21N5O5/c1-29-15-3-2-12-8-24(17(26)16(12)6-15)11-20(18(27)22-19(28)23-20)13-7-21-25(9-13)14-4-5-30-10-14/h2-3,6-9,14,26H,4-5,10-11H2,1H3,(H2,22,23,27,28)/t14-,20+/m1/s1. The van der Waals surface area contributed by atoms with Crippen LogP contribution >= 0.6 is 0 Å². The van der Waals surface area contributed by atoms with Gasteiger partial charge in [0.15, 0.2) is 11.4 Å². The highest BCUT2D eigenvalue weighted by Gasteiger charge is 2.49. The number of fused-ring (bicyclic) bond motifs is 1. The normalized spacial score (nSPS) is 23.7. The first-order chi connectivity index (χ1) is 14.5. The van der Waals surface area contributed by atoms with Gasteiger partial charge in [0.05, 0.1) is 32.5 Å². The highest BCUT2D eigenvalue weighted by Crippen LogP contribution is 2.35. The molecule has 2 fully saturated rings. The molecule has 0 spiro atoms. The largest absolute Gasteiger partial charge is 0.497 e. The van der Waals surface area contributed by atoms with Crippen molar-refractivity contribution in [2.24, 2.45) is 0 Å². The second kappa shape index (κ2) is 6.77. The molecule has 2 saturated heterocycles. The monoisotopic (exact) mass is 411 g/mol. The number of ether oxygens (including phenoxy) is 2. The summed E-state index contributed by atoms with van der Waals surface area (Å²) in [5, 5.41) is 21.6. The van der Waals surface area contributed by atoms with Crippen molar-refractivity contribution in [3.8, 4) is 11.6 Å². The van der Waals surface area contributed by atoms with E-state index in [-0.39, 0.29) is 18.5 Å². The maximum Gasteiger partial charge on any atom is 0.322 e. The second-order valence-corrected chi connectivity index (χ2v) is 7.57. The summed E-state index contributed by atoms with van der Waals surface area (Å²) in [6.45, 7) is 1.22. The van der Waals surface area contributed by atoms with E-state index in [9.17, 15) is 14.7 Å². The number of benzene rings is 1. The van der Waals surface area contributed by atoms with Gasteiger partial charge in [0, 0.05) is 35.3 Å². The Balaban J connectivity index is 1.56. The van der Waals surface area contributed by atoms with Crippen LogP contribution in [-0.2, 0) is 21.6 Å². The fraction of sp³-hybridized carbons (Fsp3) is 0.350. The van der Waals surface area contributed by atoms with E-state index in [4.69, 9.17) is 9.47 Å². The second-order valence-electron chi connectivity index (χ2n) is 7.57. The zero-order valence-corrected chi connectivity index (χ0v) is 16.3. The summed E-state index contributed by atoms with van der Waals surface area (Å²) in [4.78, 5) is 25.0. The molecule has 3 N–H and O–H groups in total. The van der Waals surface area contributed by atoms with Gasteiger partial charge in [-0.15, -0.1) is 0 Å². The van der Waals surface area contributed by atoms with Gasteiger partial charge in [-0.2, -0.15) is 5.10 Å². The summed E-state index contributed by atoms with van der Waals surface area (Å²) >= 11 is 0. The smallest absolute Gasteiger partial charge is 0.322 e. The number of carbonyl (C=O) groups excluding carboxylic acids is 2. The molecule has 10 nitrogen and oxygen atoms in total. The van der Waals surface area contributed by atoms with Gasteiger partial charge in [0.1, 0.15) is 5.75 Å². The van der Waals surface area contributed by atoms with Crippen LogP contribution in [-0.4, -0.2) is 51.7 Å². The first-order valence-electron chi connectivity index (χ1n) is 9.62. The Hall–Kier alpha value is -3.53. The molecule has 10 heteroatoms. The predicted octanol–water partition coefficient (Wildman–Crippen LogP) is 1.25. The average Bonchev–Trinajstić information content (AvgIpc) is 3.51. The molecule has 156 valence electrons. The first kappa shape index (κ1) is 18.5. The Morgan fingerprint density at radius 3 is 2.93 bits per heavy atom. The number of hydrogen-bond donors (Lipinski definition) is 3. The van der Waals surface area contributed by atoms with Crippen LogP contribution in [0.4, 0.5) is 4.79 Å². The third-order valence-corrected chi connectivity index (χ3v) is 5.79. The number of amides is 3. The number of imide groups is 1. The number of urea groups is 1. The van der Waals surface area contributed by atoms with Crippen molar-refractivity contribution in [2.75, 3.05) is 20.3 Å². The Morgan fingerprint density at radius 1 is 1.37 bits per heavy atom. The van der Waals surface area contributed by atoms with E-state index in [0.29, 0.717) is 29.9 Å². The lowest BCUT2D eigenvalue weighted by Crippen LogP contribution is -2.47. The quantitative estimate of drug-likeness (QED) is 0.544. The minimum Gasteiger partial charge on any atom is -0.497 e. The molecule has 0 aliphatic carbocycles. The summed E-state index contributed by atoms with van der Waals surface area (Å²) in [6, 6.07) is 4.84. The molecule has 0 bridgehead atoms. The van der Waals surface area contributed by atoms with Crippen molar-refractivity contribution in [3.63, 3.8) is 0 Å². The third-order valence-electron chi connectivity index (χ3n) is 5.79. The number of methoxy groups -OCH3 is 1. The van der Waals surface area contributed by atoms with Gasteiger partial charge in [-0.3, -0.25) is 14.8 Å². The van der Waals surface area contributed by atoms with Crippen molar-refractivity contribution in [2.45, 2.75) is 24.5 Å². The highest BCUT2D eigenvalue weighted by molar-refractivity contribution is 6.07. The number of carbonyl (C=O) groups is 2. The summed E-state index contributed by atoms with van der Waals surface area (Å²) in [6.07, 6.45) is 5.90. The van der Waals surface area contributed by atoms with E-state index in [1.165, 1.54) is 0 Å². The molecule has 3 aromatic rings. The van der Waals surface area contributed by atoms with Crippen LogP contribution < -0.4 is 15.4 Å². The molecule has 0 radical (unpaired) electrons. The number of aromatic hydroxyl groups is 1. The zero-order chi connectivity index (χ0) is 20.9.